The quantitative estimate of drug-likeness (QED) is 0.815. The molecule has 0 bridgehead atoms. The molecule has 2 aromatic rings. The first-order valence-electron chi connectivity index (χ1n) is 7.92. The molecule has 1 amide bonds. The first kappa shape index (κ1) is 16.0. The summed E-state index contributed by atoms with van der Waals surface area (Å²) in [5.74, 6) is 0.801. The minimum absolute atomic E-state index is 0.0154. The second kappa shape index (κ2) is 7.10. The Morgan fingerprint density at radius 3 is 2.83 bits per heavy atom. The molecule has 0 unspecified atom stereocenters. The Morgan fingerprint density at radius 2 is 2.22 bits per heavy atom. The van der Waals surface area contributed by atoms with Gasteiger partial charge in [0, 0.05) is 6.42 Å². The zero-order chi connectivity index (χ0) is 16.2. The lowest BCUT2D eigenvalue weighted by molar-refractivity contribution is -0.134. The molecule has 0 aliphatic carbocycles. The Morgan fingerprint density at radius 1 is 1.39 bits per heavy atom. The summed E-state index contributed by atoms with van der Waals surface area (Å²) in [6.07, 6.45) is 2.34. The molecule has 1 aliphatic heterocycles. The molecule has 0 fully saturated rings. The van der Waals surface area contributed by atoms with Crippen LogP contribution in [0.15, 0.2) is 45.4 Å². The van der Waals surface area contributed by atoms with Crippen LogP contribution in [-0.4, -0.2) is 41.2 Å². The molecule has 122 valence electrons. The normalized spacial score (nSPS) is 17.8. The molecule has 23 heavy (non-hydrogen) atoms. The Bertz CT molecular complexity index is 660. The molecule has 0 saturated carbocycles. The van der Waals surface area contributed by atoms with Crippen molar-refractivity contribution in [2.24, 2.45) is 5.10 Å². The van der Waals surface area contributed by atoms with E-state index in [1.54, 1.807) is 22.6 Å². The van der Waals surface area contributed by atoms with Gasteiger partial charge in [-0.05, 0) is 36.7 Å². The Kier molecular flexibility index (Phi) is 4.93. The van der Waals surface area contributed by atoms with E-state index < -0.39 is 0 Å². The van der Waals surface area contributed by atoms with Crippen LogP contribution in [-0.2, 0) is 4.79 Å². The van der Waals surface area contributed by atoms with Crippen molar-refractivity contribution < 1.29 is 9.21 Å². The van der Waals surface area contributed by atoms with Crippen molar-refractivity contribution >= 4 is 23.0 Å². The first-order chi connectivity index (χ1) is 11.2. The van der Waals surface area contributed by atoms with Crippen molar-refractivity contribution in [2.75, 3.05) is 19.6 Å². The van der Waals surface area contributed by atoms with E-state index in [1.165, 1.54) is 0 Å². The average molecular weight is 331 g/mol. The number of carbonyl (C=O) groups is 1. The lowest BCUT2D eigenvalue weighted by Crippen LogP contribution is -2.38. The molecule has 0 radical (unpaired) electrons. The van der Waals surface area contributed by atoms with E-state index >= 15 is 0 Å². The maximum Gasteiger partial charge on any atom is 0.257 e. The van der Waals surface area contributed by atoms with Crippen LogP contribution in [0.2, 0.25) is 0 Å². The molecular formula is C17H21N3O2S. The van der Waals surface area contributed by atoms with E-state index in [0.717, 1.165) is 29.4 Å². The van der Waals surface area contributed by atoms with Crippen molar-refractivity contribution in [3.63, 3.8) is 0 Å². The molecule has 2 aromatic heterocycles. The van der Waals surface area contributed by atoms with Crippen LogP contribution in [0.3, 0.4) is 0 Å². The van der Waals surface area contributed by atoms with E-state index in [-0.39, 0.29) is 11.9 Å². The van der Waals surface area contributed by atoms with E-state index in [1.807, 2.05) is 29.6 Å². The number of carbonyl (C=O) groups excluding carboxylic acids is 1. The highest BCUT2D eigenvalue weighted by molar-refractivity contribution is 7.12. The van der Waals surface area contributed by atoms with Crippen LogP contribution >= 0.6 is 11.3 Å². The molecular weight excluding hydrogens is 310 g/mol. The fourth-order valence-corrected chi connectivity index (χ4v) is 3.47. The van der Waals surface area contributed by atoms with Gasteiger partial charge < -0.3 is 4.42 Å². The second-order valence-corrected chi connectivity index (χ2v) is 6.41. The smallest absolute Gasteiger partial charge is 0.257 e. The van der Waals surface area contributed by atoms with Crippen LogP contribution in [0.1, 0.15) is 36.9 Å². The maximum absolute atomic E-state index is 12.7. The fourth-order valence-electron chi connectivity index (χ4n) is 2.75. The number of furan rings is 1. The van der Waals surface area contributed by atoms with Gasteiger partial charge in [-0.1, -0.05) is 19.9 Å². The molecule has 0 saturated heterocycles. The van der Waals surface area contributed by atoms with Gasteiger partial charge in [-0.3, -0.25) is 9.69 Å². The predicted octanol–water partition coefficient (Wildman–Crippen LogP) is 3.36. The molecule has 5 nitrogen and oxygen atoms in total. The van der Waals surface area contributed by atoms with Crippen molar-refractivity contribution in [3.8, 4) is 0 Å². The zero-order valence-corrected chi connectivity index (χ0v) is 14.3. The van der Waals surface area contributed by atoms with Crippen molar-refractivity contribution in [2.45, 2.75) is 26.3 Å². The first-order valence-corrected chi connectivity index (χ1v) is 8.80. The highest BCUT2D eigenvalue weighted by Gasteiger charge is 2.35. The molecule has 3 heterocycles. The number of rotatable bonds is 6. The van der Waals surface area contributed by atoms with Crippen molar-refractivity contribution in [1.29, 1.82) is 0 Å². The van der Waals surface area contributed by atoms with Crippen LogP contribution in [0, 0.1) is 0 Å². The highest BCUT2D eigenvalue weighted by Crippen LogP contribution is 2.34. The number of thiophene rings is 1. The van der Waals surface area contributed by atoms with E-state index in [4.69, 9.17) is 4.42 Å². The Labute approximate surface area is 140 Å². The van der Waals surface area contributed by atoms with Crippen LogP contribution in [0.25, 0.3) is 0 Å². The summed E-state index contributed by atoms with van der Waals surface area (Å²) in [7, 11) is 0. The number of hydrazone groups is 1. The molecule has 6 heteroatoms. The predicted molar refractivity (Wildman–Crippen MR) is 91.6 cm³/mol. The number of hydrogen-bond donors (Lipinski definition) is 0. The molecule has 1 aliphatic rings. The number of amides is 1. The van der Waals surface area contributed by atoms with Gasteiger partial charge in [-0.15, -0.1) is 11.3 Å². The number of likely N-dealkylation sites (N-methyl/N-ethyl adjacent to an activating group) is 1. The van der Waals surface area contributed by atoms with E-state index in [2.05, 4.69) is 23.8 Å². The SMILES string of the molecule is CCN(CC)CC(=O)N1N=C(c2cccs2)C[C@@H]1c1ccco1. The van der Waals surface area contributed by atoms with Gasteiger partial charge in [-0.25, -0.2) is 5.01 Å². The fraction of sp³-hybridized carbons (Fsp3) is 0.412. The third-order valence-corrected chi connectivity index (χ3v) is 5.02. The van der Waals surface area contributed by atoms with Gasteiger partial charge in [0.05, 0.1) is 23.4 Å². The van der Waals surface area contributed by atoms with Crippen LogP contribution < -0.4 is 0 Å². The summed E-state index contributed by atoms with van der Waals surface area (Å²) < 4.78 is 5.54. The average Bonchev–Trinajstić information content (AvgIpc) is 3.32. The summed E-state index contributed by atoms with van der Waals surface area (Å²) in [6, 6.07) is 7.66. The highest BCUT2D eigenvalue weighted by atomic mass is 32.1. The Hall–Kier alpha value is -1.92. The molecule has 0 N–H and O–H groups in total. The molecule has 1 atom stereocenters. The minimum atomic E-state index is -0.148. The van der Waals surface area contributed by atoms with Gasteiger partial charge in [0.2, 0.25) is 0 Å². The topological polar surface area (TPSA) is 49.1 Å². The standard InChI is InChI=1S/C17H21N3O2S/c1-3-19(4-2)12-17(21)20-14(15-7-5-9-22-15)11-13(18-20)16-8-6-10-23-16/h5-10,14H,3-4,11-12H2,1-2H3/t14-/m1/s1. The summed E-state index contributed by atoms with van der Waals surface area (Å²) in [6.45, 7) is 6.20. The minimum Gasteiger partial charge on any atom is -0.467 e. The summed E-state index contributed by atoms with van der Waals surface area (Å²) >= 11 is 1.65. The number of hydrogen-bond acceptors (Lipinski definition) is 5. The maximum atomic E-state index is 12.7. The van der Waals surface area contributed by atoms with Gasteiger partial charge in [0.25, 0.3) is 5.91 Å². The number of nitrogens with zero attached hydrogens (tertiary/aromatic N) is 3. The monoisotopic (exact) mass is 331 g/mol. The van der Waals surface area contributed by atoms with Gasteiger partial charge in [0.15, 0.2) is 0 Å². The van der Waals surface area contributed by atoms with Gasteiger partial charge in [0.1, 0.15) is 11.8 Å². The van der Waals surface area contributed by atoms with Crippen LogP contribution in [0.5, 0.6) is 0 Å². The van der Waals surface area contributed by atoms with Gasteiger partial charge in [-0.2, -0.15) is 5.10 Å². The summed E-state index contributed by atoms with van der Waals surface area (Å²) in [5.41, 5.74) is 0.953. The van der Waals surface area contributed by atoms with Crippen molar-refractivity contribution in [3.05, 3.63) is 46.5 Å². The lowest BCUT2D eigenvalue weighted by Gasteiger charge is -2.24. The van der Waals surface area contributed by atoms with E-state index in [0.29, 0.717) is 13.0 Å². The van der Waals surface area contributed by atoms with Crippen molar-refractivity contribution in [1.82, 2.24) is 9.91 Å². The molecule has 0 spiro atoms. The molecule has 3 rings (SSSR count). The third kappa shape index (κ3) is 3.38. The van der Waals surface area contributed by atoms with E-state index in [9.17, 15) is 4.79 Å². The summed E-state index contributed by atoms with van der Waals surface area (Å²) in [4.78, 5) is 15.9. The Balaban J connectivity index is 1.84. The van der Waals surface area contributed by atoms with Crippen LogP contribution in [0.4, 0.5) is 0 Å². The zero-order valence-electron chi connectivity index (χ0n) is 13.4. The molecule has 0 aromatic carbocycles. The summed E-state index contributed by atoms with van der Waals surface area (Å²) in [5, 5.41) is 8.24. The second-order valence-electron chi connectivity index (χ2n) is 5.46. The lowest BCUT2D eigenvalue weighted by atomic mass is 10.1. The van der Waals surface area contributed by atoms with Gasteiger partial charge >= 0.3 is 0 Å². The largest absolute Gasteiger partial charge is 0.467 e. The third-order valence-electron chi connectivity index (χ3n) is 4.10.